The van der Waals surface area contributed by atoms with E-state index in [1.807, 2.05) is 0 Å². The Hall–Kier alpha value is -1.13. The van der Waals surface area contributed by atoms with Crippen LogP contribution in [-0.2, 0) is 13.0 Å². The predicted octanol–water partition coefficient (Wildman–Crippen LogP) is 3.64. The third kappa shape index (κ3) is 4.18. The monoisotopic (exact) mass is 277 g/mol. The zero-order valence-corrected chi connectivity index (χ0v) is 12.8. The van der Waals surface area contributed by atoms with Gasteiger partial charge in [0.15, 0.2) is 0 Å². The highest BCUT2D eigenvalue weighted by Gasteiger charge is 2.07. The first kappa shape index (κ1) is 14.3. The van der Waals surface area contributed by atoms with Crippen LogP contribution in [0.1, 0.15) is 44.5 Å². The molecule has 4 heteroatoms. The first-order valence-corrected chi connectivity index (χ1v) is 7.91. The van der Waals surface area contributed by atoms with Crippen LogP contribution >= 0.6 is 11.3 Å². The average molecular weight is 277 g/mol. The third-order valence-corrected chi connectivity index (χ3v) is 4.19. The van der Waals surface area contributed by atoms with Gasteiger partial charge in [0, 0.05) is 24.8 Å². The van der Waals surface area contributed by atoms with Crippen LogP contribution in [-0.4, -0.2) is 15.8 Å². The van der Waals surface area contributed by atoms with Crippen LogP contribution in [0.3, 0.4) is 0 Å². The van der Waals surface area contributed by atoms with E-state index < -0.39 is 0 Å². The molecule has 0 aliphatic carbocycles. The predicted molar refractivity (Wildman–Crippen MR) is 81.6 cm³/mol. The smallest absolute Gasteiger partial charge is 0.0762 e. The van der Waals surface area contributed by atoms with E-state index >= 15 is 0 Å². The van der Waals surface area contributed by atoms with E-state index in [9.17, 15) is 0 Å². The van der Waals surface area contributed by atoms with Crippen molar-refractivity contribution in [1.29, 1.82) is 0 Å². The van der Waals surface area contributed by atoms with Gasteiger partial charge in [0.25, 0.3) is 0 Å². The topological polar surface area (TPSA) is 29.9 Å². The summed E-state index contributed by atoms with van der Waals surface area (Å²) in [5.74, 6) is 0. The van der Waals surface area contributed by atoms with Gasteiger partial charge in [-0.25, -0.2) is 0 Å². The normalized spacial score (nSPS) is 14.5. The fraction of sp³-hybridized carbons (Fsp3) is 0.533. The summed E-state index contributed by atoms with van der Waals surface area (Å²) in [6.45, 7) is 7.45. The fourth-order valence-electron chi connectivity index (χ4n) is 2.02. The molecule has 2 aromatic rings. The molecule has 19 heavy (non-hydrogen) atoms. The van der Waals surface area contributed by atoms with Gasteiger partial charge in [-0.05, 0) is 55.1 Å². The van der Waals surface area contributed by atoms with Crippen molar-refractivity contribution in [2.75, 3.05) is 0 Å². The molecule has 0 radical (unpaired) electrons. The number of hydrogen-bond acceptors (Lipinski definition) is 3. The molecule has 0 saturated heterocycles. The Kier molecular flexibility index (Phi) is 5.16. The van der Waals surface area contributed by atoms with Crippen molar-refractivity contribution in [2.45, 2.75) is 52.2 Å². The zero-order valence-electron chi connectivity index (χ0n) is 12.0. The van der Waals surface area contributed by atoms with Crippen molar-refractivity contribution in [3.63, 3.8) is 0 Å². The van der Waals surface area contributed by atoms with Crippen molar-refractivity contribution in [3.05, 3.63) is 40.3 Å². The molecular weight excluding hydrogens is 254 g/mol. The summed E-state index contributed by atoms with van der Waals surface area (Å²) in [4.78, 5) is 0. The zero-order chi connectivity index (χ0) is 13.7. The molecule has 2 rings (SSSR count). The highest BCUT2D eigenvalue weighted by molar-refractivity contribution is 7.07. The minimum absolute atomic E-state index is 0.475. The Morgan fingerprint density at radius 3 is 2.89 bits per heavy atom. The maximum atomic E-state index is 4.61. The van der Waals surface area contributed by atoms with Crippen molar-refractivity contribution in [1.82, 2.24) is 15.1 Å². The summed E-state index contributed by atoms with van der Waals surface area (Å²) >= 11 is 1.76. The van der Waals surface area contributed by atoms with Crippen LogP contribution in [0.25, 0.3) is 0 Å². The number of nitrogens with one attached hydrogen (secondary N) is 1. The molecule has 0 spiro atoms. The summed E-state index contributed by atoms with van der Waals surface area (Å²) in [7, 11) is 0. The van der Waals surface area contributed by atoms with Crippen LogP contribution < -0.4 is 5.32 Å². The second-order valence-corrected chi connectivity index (χ2v) is 5.94. The lowest BCUT2D eigenvalue weighted by atomic mass is 10.1. The number of nitrogens with zero attached hydrogens (tertiary/aromatic N) is 2. The van der Waals surface area contributed by atoms with Crippen LogP contribution in [0, 0.1) is 0 Å². The van der Waals surface area contributed by atoms with Gasteiger partial charge in [0.1, 0.15) is 0 Å². The summed E-state index contributed by atoms with van der Waals surface area (Å²) in [6, 6.07) is 5.26. The second-order valence-electron chi connectivity index (χ2n) is 5.16. The molecule has 2 atom stereocenters. The summed E-state index contributed by atoms with van der Waals surface area (Å²) in [6.07, 6.45) is 4.27. The molecule has 0 fully saturated rings. The van der Waals surface area contributed by atoms with Gasteiger partial charge in [-0.2, -0.15) is 16.4 Å². The van der Waals surface area contributed by atoms with Crippen LogP contribution in [0.15, 0.2) is 29.1 Å². The largest absolute Gasteiger partial charge is 0.308 e. The minimum Gasteiger partial charge on any atom is -0.308 e. The fourth-order valence-corrected chi connectivity index (χ4v) is 2.70. The van der Waals surface area contributed by atoms with Gasteiger partial charge in [-0.15, -0.1) is 0 Å². The van der Waals surface area contributed by atoms with E-state index in [1.54, 1.807) is 11.3 Å². The van der Waals surface area contributed by atoms with E-state index in [4.69, 9.17) is 0 Å². The number of hydrogen-bond donors (Lipinski definition) is 1. The molecule has 2 aromatic heterocycles. The molecular formula is C15H23N3S. The van der Waals surface area contributed by atoms with Crippen molar-refractivity contribution >= 4 is 11.3 Å². The van der Waals surface area contributed by atoms with Gasteiger partial charge < -0.3 is 5.32 Å². The standard InChI is InChI=1S/C15H23N3S/c1-4-13(3)18-7-5-15(17-18)10-16-12(2)9-14-6-8-19-11-14/h5-8,11-13,16H,4,9-10H2,1-3H3. The molecule has 0 bridgehead atoms. The minimum atomic E-state index is 0.475. The molecule has 2 unspecified atom stereocenters. The van der Waals surface area contributed by atoms with Gasteiger partial charge in [-0.1, -0.05) is 6.92 Å². The van der Waals surface area contributed by atoms with E-state index in [-0.39, 0.29) is 0 Å². The molecule has 0 aliphatic rings. The molecule has 0 aromatic carbocycles. The van der Waals surface area contributed by atoms with E-state index in [2.05, 4.69) is 65.0 Å². The number of thiophene rings is 1. The first-order valence-electron chi connectivity index (χ1n) is 6.97. The molecule has 3 nitrogen and oxygen atoms in total. The molecule has 1 N–H and O–H groups in total. The van der Waals surface area contributed by atoms with Crippen LogP contribution in [0.4, 0.5) is 0 Å². The Labute approximate surface area is 119 Å². The van der Waals surface area contributed by atoms with Crippen LogP contribution in [0.5, 0.6) is 0 Å². The quantitative estimate of drug-likeness (QED) is 0.837. The molecule has 104 valence electrons. The summed E-state index contributed by atoms with van der Waals surface area (Å²) in [5.41, 5.74) is 2.53. The summed E-state index contributed by atoms with van der Waals surface area (Å²) in [5, 5.41) is 12.5. The van der Waals surface area contributed by atoms with Gasteiger partial charge in [-0.3, -0.25) is 4.68 Å². The van der Waals surface area contributed by atoms with Gasteiger partial charge in [0.05, 0.1) is 5.69 Å². The summed E-state index contributed by atoms with van der Waals surface area (Å²) < 4.78 is 2.06. The van der Waals surface area contributed by atoms with Crippen LogP contribution in [0.2, 0.25) is 0 Å². The molecule has 0 saturated carbocycles. The lowest BCUT2D eigenvalue weighted by Crippen LogP contribution is -2.27. The third-order valence-electron chi connectivity index (χ3n) is 3.46. The Morgan fingerprint density at radius 1 is 1.37 bits per heavy atom. The van der Waals surface area contributed by atoms with Gasteiger partial charge in [0.2, 0.25) is 0 Å². The SMILES string of the molecule is CCC(C)n1ccc(CNC(C)Cc2ccsc2)n1. The Balaban J connectivity index is 1.80. The van der Waals surface area contributed by atoms with Crippen molar-refractivity contribution < 1.29 is 0 Å². The second kappa shape index (κ2) is 6.87. The lowest BCUT2D eigenvalue weighted by Gasteiger charge is -2.12. The first-order chi connectivity index (χ1) is 9.19. The highest BCUT2D eigenvalue weighted by atomic mass is 32.1. The number of aromatic nitrogens is 2. The lowest BCUT2D eigenvalue weighted by molar-refractivity contribution is 0.467. The van der Waals surface area contributed by atoms with Crippen molar-refractivity contribution in [3.8, 4) is 0 Å². The Bertz CT molecular complexity index is 475. The number of rotatable bonds is 7. The van der Waals surface area contributed by atoms with E-state index in [0.29, 0.717) is 12.1 Å². The maximum absolute atomic E-state index is 4.61. The average Bonchev–Trinajstić information content (AvgIpc) is 3.06. The maximum Gasteiger partial charge on any atom is 0.0762 e. The molecule has 0 amide bonds. The highest BCUT2D eigenvalue weighted by Crippen LogP contribution is 2.10. The van der Waals surface area contributed by atoms with Crippen molar-refractivity contribution in [2.24, 2.45) is 0 Å². The van der Waals surface area contributed by atoms with E-state index in [0.717, 1.165) is 25.1 Å². The molecule has 0 aliphatic heterocycles. The van der Waals surface area contributed by atoms with E-state index in [1.165, 1.54) is 5.56 Å². The Morgan fingerprint density at radius 2 is 2.21 bits per heavy atom. The molecule has 2 heterocycles. The van der Waals surface area contributed by atoms with Gasteiger partial charge >= 0.3 is 0 Å².